The summed E-state index contributed by atoms with van der Waals surface area (Å²) >= 11 is 1.17. The van der Waals surface area contributed by atoms with Gasteiger partial charge in [-0.3, -0.25) is 14.5 Å². The topological polar surface area (TPSA) is 120 Å². The van der Waals surface area contributed by atoms with Crippen LogP contribution < -0.4 is 23.8 Å². The molecule has 196 valence electrons. The number of amides is 1. The van der Waals surface area contributed by atoms with Crippen LogP contribution >= 0.6 is 11.3 Å². The van der Waals surface area contributed by atoms with Gasteiger partial charge in [0, 0.05) is 5.56 Å². The highest BCUT2D eigenvalue weighted by Gasteiger charge is 2.48. The first kappa shape index (κ1) is 25.3. The molecule has 0 bridgehead atoms. The Morgan fingerprint density at radius 3 is 2.63 bits per heavy atom. The van der Waals surface area contributed by atoms with Crippen molar-refractivity contribution in [2.45, 2.75) is 19.9 Å². The van der Waals surface area contributed by atoms with Gasteiger partial charge < -0.3 is 24.1 Å². The van der Waals surface area contributed by atoms with Gasteiger partial charge in [0.05, 0.1) is 18.2 Å². The number of aliphatic hydroxyl groups is 1. The number of aliphatic hydroxyl groups excluding tert-OH is 1. The van der Waals surface area contributed by atoms with Gasteiger partial charge in [-0.05, 0) is 49.7 Å². The molecule has 10 nitrogen and oxygen atoms in total. The summed E-state index contributed by atoms with van der Waals surface area (Å²) in [6.45, 7) is 8.66. The van der Waals surface area contributed by atoms with Crippen LogP contribution in [0, 0.1) is 6.92 Å². The zero-order valence-corrected chi connectivity index (χ0v) is 21.6. The predicted molar refractivity (Wildman–Crippen MR) is 140 cm³/mol. The van der Waals surface area contributed by atoms with Gasteiger partial charge in [-0.1, -0.05) is 30.1 Å². The van der Waals surface area contributed by atoms with Gasteiger partial charge in [0.15, 0.2) is 23.0 Å². The SMILES string of the molecule is C=CCOc1ccc(C2C(=C(O)c3ccc4c(c3)OCCO4)C(=O)C(=O)N2c2nnc(C)s2)cc1OCC. The molecular formula is C27H25N3O7S. The second-order valence-corrected chi connectivity index (χ2v) is 9.53. The smallest absolute Gasteiger partial charge is 0.301 e. The van der Waals surface area contributed by atoms with Crippen LogP contribution in [0.1, 0.15) is 29.1 Å². The van der Waals surface area contributed by atoms with Crippen molar-refractivity contribution in [3.8, 4) is 23.0 Å². The first-order valence-corrected chi connectivity index (χ1v) is 12.8. The number of aromatic nitrogens is 2. The van der Waals surface area contributed by atoms with Crippen LogP contribution in [0.25, 0.3) is 5.76 Å². The molecule has 38 heavy (non-hydrogen) atoms. The van der Waals surface area contributed by atoms with E-state index in [1.165, 1.54) is 16.2 Å². The van der Waals surface area contributed by atoms with E-state index >= 15 is 0 Å². The van der Waals surface area contributed by atoms with E-state index in [1.54, 1.807) is 49.4 Å². The molecule has 1 fully saturated rings. The maximum atomic E-state index is 13.4. The van der Waals surface area contributed by atoms with E-state index in [2.05, 4.69) is 16.8 Å². The van der Waals surface area contributed by atoms with E-state index in [0.717, 1.165) is 0 Å². The summed E-state index contributed by atoms with van der Waals surface area (Å²) in [6, 6.07) is 8.96. The molecule has 5 rings (SSSR count). The van der Waals surface area contributed by atoms with Crippen molar-refractivity contribution in [1.29, 1.82) is 0 Å². The van der Waals surface area contributed by atoms with Gasteiger partial charge in [0.2, 0.25) is 5.13 Å². The Morgan fingerprint density at radius 2 is 1.92 bits per heavy atom. The van der Waals surface area contributed by atoms with Gasteiger partial charge in [0.25, 0.3) is 5.78 Å². The molecule has 0 spiro atoms. The zero-order chi connectivity index (χ0) is 26.8. The summed E-state index contributed by atoms with van der Waals surface area (Å²) in [5.41, 5.74) is 0.731. The Hall–Kier alpha value is -4.38. The number of carbonyl (C=O) groups excluding carboxylic acids is 2. The predicted octanol–water partition coefficient (Wildman–Crippen LogP) is 4.21. The molecule has 3 aromatic rings. The van der Waals surface area contributed by atoms with Crippen molar-refractivity contribution in [3.63, 3.8) is 0 Å². The van der Waals surface area contributed by atoms with Crippen LogP contribution in [0.5, 0.6) is 23.0 Å². The number of benzene rings is 2. The van der Waals surface area contributed by atoms with Gasteiger partial charge >= 0.3 is 5.91 Å². The monoisotopic (exact) mass is 535 g/mol. The van der Waals surface area contributed by atoms with Crippen molar-refractivity contribution in [2.75, 3.05) is 31.3 Å². The lowest BCUT2D eigenvalue weighted by Gasteiger charge is -2.24. The molecule has 1 unspecified atom stereocenters. The number of aryl methyl sites for hydroxylation is 1. The number of ketones is 1. The largest absolute Gasteiger partial charge is 0.507 e. The maximum Gasteiger partial charge on any atom is 0.301 e. The maximum absolute atomic E-state index is 13.4. The molecule has 0 saturated carbocycles. The number of anilines is 1. The standard InChI is InChI=1S/C27H25N3O7S/c1-4-10-35-18-8-6-16(13-20(18)34-5-2)23-22(25(32)26(33)30(23)27-29-28-15(3)38-27)24(31)17-7-9-19-21(14-17)37-12-11-36-19/h4,6-9,13-14,23,31H,1,5,10-12H2,2-3H3. The fourth-order valence-corrected chi connectivity index (χ4v) is 5.02. The summed E-state index contributed by atoms with van der Waals surface area (Å²) in [6.07, 6.45) is 1.61. The quantitative estimate of drug-likeness (QED) is 0.196. The normalized spacial score (nSPS) is 17.9. The zero-order valence-electron chi connectivity index (χ0n) is 20.8. The van der Waals surface area contributed by atoms with Crippen LogP contribution in [0.4, 0.5) is 5.13 Å². The molecule has 1 atom stereocenters. The third kappa shape index (κ3) is 4.56. The van der Waals surface area contributed by atoms with Crippen molar-refractivity contribution in [3.05, 3.63) is 70.8 Å². The van der Waals surface area contributed by atoms with Crippen LogP contribution in [0.3, 0.4) is 0 Å². The number of Topliss-reactive ketones (excluding diaryl/α,β-unsaturated/α-hetero) is 1. The lowest BCUT2D eigenvalue weighted by Crippen LogP contribution is -2.29. The van der Waals surface area contributed by atoms with E-state index in [0.29, 0.717) is 59.0 Å². The number of nitrogens with zero attached hydrogens (tertiary/aromatic N) is 3. The number of hydrogen-bond acceptors (Lipinski definition) is 10. The minimum atomic E-state index is -0.997. The molecule has 11 heteroatoms. The average Bonchev–Trinajstić information content (AvgIpc) is 3.47. The Kier molecular flexibility index (Phi) is 7.01. The second-order valence-electron chi connectivity index (χ2n) is 8.37. The van der Waals surface area contributed by atoms with Crippen molar-refractivity contribution in [1.82, 2.24) is 10.2 Å². The number of ether oxygens (including phenoxy) is 4. The number of hydrogen-bond donors (Lipinski definition) is 1. The first-order chi connectivity index (χ1) is 18.4. The van der Waals surface area contributed by atoms with Crippen LogP contribution in [0.15, 0.2) is 54.6 Å². The lowest BCUT2D eigenvalue weighted by molar-refractivity contribution is -0.132. The second kappa shape index (κ2) is 10.5. The molecule has 1 saturated heterocycles. The summed E-state index contributed by atoms with van der Waals surface area (Å²) in [4.78, 5) is 28.0. The highest BCUT2D eigenvalue weighted by Crippen LogP contribution is 2.45. The minimum absolute atomic E-state index is 0.0956. The lowest BCUT2D eigenvalue weighted by atomic mass is 9.95. The molecule has 2 aromatic carbocycles. The van der Waals surface area contributed by atoms with Gasteiger partial charge in [-0.25, -0.2) is 0 Å². The molecule has 0 radical (unpaired) electrons. The summed E-state index contributed by atoms with van der Waals surface area (Å²) in [5, 5.41) is 20.4. The van der Waals surface area contributed by atoms with E-state index in [-0.39, 0.29) is 23.1 Å². The van der Waals surface area contributed by atoms with E-state index < -0.39 is 17.7 Å². The third-order valence-corrected chi connectivity index (χ3v) is 6.76. The Bertz CT molecular complexity index is 1450. The van der Waals surface area contributed by atoms with E-state index in [9.17, 15) is 14.7 Å². The molecule has 2 aliphatic rings. The Balaban J connectivity index is 1.68. The van der Waals surface area contributed by atoms with Crippen molar-refractivity contribution >= 4 is 33.9 Å². The van der Waals surface area contributed by atoms with Gasteiger partial charge in [-0.2, -0.15) is 0 Å². The number of carbonyl (C=O) groups is 2. The molecule has 0 aliphatic carbocycles. The molecule has 1 aromatic heterocycles. The van der Waals surface area contributed by atoms with Crippen molar-refractivity contribution in [2.24, 2.45) is 0 Å². The average molecular weight is 536 g/mol. The molecule has 3 heterocycles. The van der Waals surface area contributed by atoms with E-state index in [4.69, 9.17) is 18.9 Å². The molecular weight excluding hydrogens is 510 g/mol. The van der Waals surface area contributed by atoms with Gasteiger partial charge in [0.1, 0.15) is 30.6 Å². The van der Waals surface area contributed by atoms with Crippen LogP contribution in [-0.4, -0.2) is 53.4 Å². The summed E-state index contributed by atoms with van der Waals surface area (Å²) in [5.74, 6) is -0.149. The van der Waals surface area contributed by atoms with Gasteiger partial charge in [-0.15, -0.1) is 10.2 Å². The number of rotatable bonds is 8. The summed E-state index contributed by atoms with van der Waals surface area (Å²) < 4.78 is 22.7. The highest BCUT2D eigenvalue weighted by atomic mass is 32.1. The number of fused-ring (bicyclic) bond motifs is 1. The van der Waals surface area contributed by atoms with Crippen molar-refractivity contribution < 1.29 is 33.6 Å². The van der Waals surface area contributed by atoms with Crippen LogP contribution in [0.2, 0.25) is 0 Å². The van der Waals surface area contributed by atoms with E-state index in [1.807, 2.05) is 6.92 Å². The highest BCUT2D eigenvalue weighted by molar-refractivity contribution is 7.15. The Morgan fingerprint density at radius 1 is 1.13 bits per heavy atom. The first-order valence-electron chi connectivity index (χ1n) is 11.9. The van der Waals surface area contributed by atoms with Crippen LogP contribution in [-0.2, 0) is 9.59 Å². The fraction of sp³-hybridized carbons (Fsp3) is 0.259. The molecule has 1 amide bonds. The molecule has 1 N–H and O–H groups in total. The summed E-state index contributed by atoms with van der Waals surface area (Å²) in [7, 11) is 0. The Labute approximate surface area is 222 Å². The molecule has 2 aliphatic heterocycles. The fourth-order valence-electron chi connectivity index (χ4n) is 4.31. The minimum Gasteiger partial charge on any atom is -0.507 e. The third-order valence-electron chi connectivity index (χ3n) is 5.92.